The van der Waals surface area contributed by atoms with Gasteiger partial charge in [-0.1, -0.05) is 52.3 Å². The maximum Gasteiger partial charge on any atom is 0.248 e. The molecular weight excluding hydrogens is 418 g/mol. The summed E-state index contributed by atoms with van der Waals surface area (Å²) >= 11 is 1.77. The third kappa shape index (κ3) is 4.65. The number of nitrogens with two attached hydrogens (primary N) is 1. The Hall–Kier alpha value is -2.11. The van der Waals surface area contributed by atoms with E-state index < -0.39 is 11.5 Å². The normalized spacial score (nSPS) is 17.2. The summed E-state index contributed by atoms with van der Waals surface area (Å²) in [4.78, 5) is 12.9. The van der Waals surface area contributed by atoms with Crippen molar-refractivity contribution in [3.8, 4) is 0 Å². The van der Waals surface area contributed by atoms with E-state index in [4.69, 9.17) is 10.5 Å². The zero-order valence-electron chi connectivity index (χ0n) is 20.0. The lowest BCUT2D eigenvalue weighted by Gasteiger charge is -2.37. The van der Waals surface area contributed by atoms with E-state index in [1.807, 2.05) is 32.0 Å². The minimum absolute atomic E-state index is 0.0412. The molecule has 3 N–H and O–H groups in total. The summed E-state index contributed by atoms with van der Waals surface area (Å²) in [6, 6.07) is 8.00. The van der Waals surface area contributed by atoms with Crippen LogP contribution in [-0.4, -0.2) is 23.2 Å². The van der Waals surface area contributed by atoms with Crippen molar-refractivity contribution >= 4 is 27.3 Å². The Morgan fingerprint density at radius 2 is 1.81 bits per heavy atom. The number of ether oxygens (including phenoxy) is 1. The minimum Gasteiger partial charge on any atom is -0.495 e. The number of fused-ring (bicyclic) bond motifs is 1. The summed E-state index contributed by atoms with van der Waals surface area (Å²) in [6.07, 6.45) is 8.66. The number of amides is 1. The first-order valence-electron chi connectivity index (χ1n) is 11.8. The van der Waals surface area contributed by atoms with Crippen LogP contribution in [0.4, 0.5) is 0 Å². The lowest BCUT2D eigenvalue weighted by Crippen LogP contribution is -2.34. The average Bonchev–Trinajstić information content (AvgIpc) is 3.23. The first-order chi connectivity index (χ1) is 15.2. The van der Waals surface area contributed by atoms with E-state index in [1.165, 1.54) is 10.5 Å². The van der Waals surface area contributed by atoms with E-state index in [0.717, 1.165) is 35.1 Å². The zero-order chi connectivity index (χ0) is 23.5. The van der Waals surface area contributed by atoms with Crippen molar-refractivity contribution in [2.24, 2.45) is 11.7 Å². The SMILES string of the molecule is CCC(O)(CC)COC1=CC=C(C(CC)(CC)c2cc3ccc(C(N)=O)cc3s2)CC1C. The molecule has 0 fully saturated rings. The first-order valence-corrected chi connectivity index (χ1v) is 12.6. The van der Waals surface area contributed by atoms with E-state index in [9.17, 15) is 9.90 Å². The summed E-state index contributed by atoms with van der Waals surface area (Å²) in [5.41, 5.74) is 6.66. The molecule has 0 saturated carbocycles. The lowest BCUT2D eigenvalue weighted by molar-refractivity contribution is -0.0368. The van der Waals surface area contributed by atoms with Crippen molar-refractivity contribution in [3.05, 3.63) is 58.2 Å². The van der Waals surface area contributed by atoms with Gasteiger partial charge in [0.25, 0.3) is 0 Å². The van der Waals surface area contributed by atoms with Gasteiger partial charge < -0.3 is 15.6 Å². The third-order valence-corrected chi connectivity index (χ3v) is 8.68. The molecule has 1 atom stereocenters. The van der Waals surface area contributed by atoms with Crippen molar-refractivity contribution in [3.63, 3.8) is 0 Å². The van der Waals surface area contributed by atoms with Gasteiger partial charge in [-0.3, -0.25) is 4.79 Å². The van der Waals surface area contributed by atoms with Gasteiger partial charge in [0, 0.05) is 26.5 Å². The monoisotopic (exact) mass is 455 g/mol. The van der Waals surface area contributed by atoms with Crippen LogP contribution in [0.3, 0.4) is 0 Å². The average molecular weight is 456 g/mol. The summed E-state index contributed by atoms with van der Waals surface area (Å²) in [7, 11) is 0. The van der Waals surface area contributed by atoms with Crippen LogP contribution >= 0.6 is 11.3 Å². The standard InChI is InChI=1S/C27H37NO3S/c1-6-26(30,7-2)17-31-22-13-12-21(14-18(22)5)27(8-3,9-4)24-16-19-10-11-20(25(28)29)15-23(19)32-24/h10-13,15-16,18,30H,6-9,14,17H2,1-5H3,(H2,28,29). The predicted molar refractivity (Wildman–Crippen MR) is 134 cm³/mol. The Bertz CT molecular complexity index is 1020. The maximum atomic E-state index is 11.6. The number of primary amides is 1. The van der Waals surface area contributed by atoms with Crippen molar-refractivity contribution in [2.75, 3.05) is 6.61 Å². The van der Waals surface area contributed by atoms with Gasteiger partial charge in [-0.2, -0.15) is 0 Å². The number of allylic oxidation sites excluding steroid dienone is 4. The van der Waals surface area contributed by atoms with Crippen LogP contribution in [0.25, 0.3) is 10.1 Å². The number of thiophene rings is 1. The van der Waals surface area contributed by atoms with E-state index in [-0.39, 0.29) is 11.3 Å². The molecule has 1 amide bonds. The van der Waals surface area contributed by atoms with Crippen LogP contribution in [0.1, 0.15) is 82.0 Å². The highest BCUT2D eigenvalue weighted by atomic mass is 32.1. The third-order valence-electron chi connectivity index (χ3n) is 7.38. The van der Waals surface area contributed by atoms with Crippen LogP contribution in [0, 0.1) is 5.92 Å². The molecule has 1 aromatic heterocycles. The Morgan fingerprint density at radius 3 is 2.38 bits per heavy atom. The van der Waals surface area contributed by atoms with Crippen LogP contribution in [0.15, 0.2) is 47.7 Å². The van der Waals surface area contributed by atoms with Gasteiger partial charge >= 0.3 is 0 Å². The van der Waals surface area contributed by atoms with Crippen molar-refractivity contribution < 1.29 is 14.6 Å². The number of hydrogen-bond donors (Lipinski definition) is 2. The number of hydrogen-bond acceptors (Lipinski definition) is 4. The highest BCUT2D eigenvalue weighted by Crippen LogP contribution is 2.48. The molecule has 174 valence electrons. The van der Waals surface area contributed by atoms with Gasteiger partial charge in [0.1, 0.15) is 6.61 Å². The van der Waals surface area contributed by atoms with Gasteiger partial charge in [-0.05, 0) is 61.8 Å². The molecule has 0 bridgehead atoms. The van der Waals surface area contributed by atoms with Crippen molar-refractivity contribution in [2.45, 2.75) is 77.7 Å². The molecule has 0 aliphatic heterocycles. The fourth-order valence-electron chi connectivity index (χ4n) is 4.69. The summed E-state index contributed by atoms with van der Waals surface area (Å²) in [6.45, 7) is 11.1. The molecular formula is C27H37NO3S. The second kappa shape index (κ2) is 9.80. The van der Waals surface area contributed by atoms with Gasteiger partial charge in [0.15, 0.2) is 0 Å². The number of rotatable bonds is 10. The van der Waals surface area contributed by atoms with Crippen LogP contribution in [-0.2, 0) is 10.2 Å². The van der Waals surface area contributed by atoms with Gasteiger partial charge in [-0.25, -0.2) is 0 Å². The highest BCUT2D eigenvalue weighted by molar-refractivity contribution is 7.19. The number of benzene rings is 1. The number of aliphatic hydroxyl groups is 1. The molecule has 1 unspecified atom stereocenters. The van der Waals surface area contributed by atoms with Gasteiger partial charge in [0.2, 0.25) is 5.91 Å². The molecule has 1 aliphatic rings. The molecule has 0 saturated heterocycles. The topological polar surface area (TPSA) is 72.6 Å². The van der Waals surface area contributed by atoms with E-state index in [1.54, 1.807) is 11.3 Å². The molecule has 1 aliphatic carbocycles. The van der Waals surface area contributed by atoms with Crippen LogP contribution in [0.5, 0.6) is 0 Å². The molecule has 1 aromatic carbocycles. The number of carbonyl (C=O) groups excluding carboxylic acids is 1. The predicted octanol–water partition coefficient (Wildman–Crippen LogP) is 6.48. The summed E-state index contributed by atoms with van der Waals surface area (Å²) in [5.74, 6) is 0.831. The fraction of sp³-hybridized carbons (Fsp3) is 0.519. The second-order valence-corrected chi connectivity index (χ2v) is 10.2. The largest absolute Gasteiger partial charge is 0.495 e. The Labute approximate surface area is 196 Å². The molecule has 3 rings (SSSR count). The van der Waals surface area contributed by atoms with Gasteiger partial charge in [0.05, 0.1) is 11.4 Å². The smallest absolute Gasteiger partial charge is 0.248 e. The quantitative estimate of drug-likeness (QED) is 0.431. The fourth-order valence-corrected chi connectivity index (χ4v) is 6.16. The molecule has 2 aromatic rings. The number of carbonyl (C=O) groups is 1. The van der Waals surface area contributed by atoms with Gasteiger partial charge in [-0.15, -0.1) is 11.3 Å². The lowest BCUT2D eigenvalue weighted by atomic mass is 9.70. The molecule has 1 heterocycles. The Morgan fingerprint density at radius 1 is 1.12 bits per heavy atom. The molecule has 5 heteroatoms. The van der Waals surface area contributed by atoms with E-state index in [2.05, 4.69) is 39.0 Å². The molecule has 0 spiro atoms. The molecule has 0 radical (unpaired) electrons. The summed E-state index contributed by atoms with van der Waals surface area (Å²) in [5, 5.41) is 11.7. The molecule has 32 heavy (non-hydrogen) atoms. The van der Waals surface area contributed by atoms with E-state index >= 15 is 0 Å². The second-order valence-electron chi connectivity index (χ2n) is 9.10. The van der Waals surface area contributed by atoms with Crippen LogP contribution in [0.2, 0.25) is 0 Å². The van der Waals surface area contributed by atoms with Crippen molar-refractivity contribution in [1.82, 2.24) is 0 Å². The van der Waals surface area contributed by atoms with Crippen molar-refractivity contribution in [1.29, 1.82) is 0 Å². The van der Waals surface area contributed by atoms with E-state index in [0.29, 0.717) is 25.0 Å². The van der Waals surface area contributed by atoms with Crippen LogP contribution < -0.4 is 5.73 Å². The Balaban J connectivity index is 1.94. The minimum atomic E-state index is -0.762. The summed E-state index contributed by atoms with van der Waals surface area (Å²) < 4.78 is 7.19. The first kappa shape index (κ1) is 24.5. The zero-order valence-corrected chi connectivity index (χ0v) is 20.8. The maximum absolute atomic E-state index is 11.6. The molecule has 4 nitrogen and oxygen atoms in total. The highest BCUT2D eigenvalue weighted by Gasteiger charge is 2.37. The Kier molecular flexibility index (Phi) is 7.51.